The average molecular weight is 434 g/mol. The molecule has 0 atom stereocenters. The Labute approximate surface area is 182 Å². The van der Waals surface area contributed by atoms with E-state index >= 15 is 0 Å². The van der Waals surface area contributed by atoms with E-state index in [9.17, 15) is 8.42 Å². The summed E-state index contributed by atoms with van der Waals surface area (Å²) < 4.78 is 25.3. The molecular formula is C23H23N5O2S. The molecule has 0 bridgehead atoms. The second-order valence-electron chi connectivity index (χ2n) is 7.53. The van der Waals surface area contributed by atoms with E-state index in [0.29, 0.717) is 31.7 Å². The number of sulfonamides is 1. The molecule has 3 aromatic rings. The van der Waals surface area contributed by atoms with E-state index in [1.807, 2.05) is 48.5 Å². The fraction of sp³-hybridized carbons (Fsp3) is 0.217. The van der Waals surface area contributed by atoms with Gasteiger partial charge < -0.3 is 11.1 Å². The summed E-state index contributed by atoms with van der Waals surface area (Å²) in [6.07, 6.45) is 3.58. The Hall–Kier alpha value is -3.25. The lowest BCUT2D eigenvalue weighted by Gasteiger charge is -2.28. The minimum atomic E-state index is -3.21. The second-order valence-corrected chi connectivity index (χ2v) is 9.52. The van der Waals surface area contributed by atoms with E-state index < -0.39 is 10.0 Å². The molecule has 1 aliphatic rings. The Morgan fingerprint density at radius 3 is 2.74 bits per heavy atom. The summed E-state index contributed by atoms with van der Waals surface area (Å²) in [4.78, 5) is 4.17. The summed E-state index contributed by atoms with van der Waals surface area (Å²) in [6.45, 7) is 1.24. The first kappa shape index (κ1) is 21.0. The Morgan fingerprint density at radius 1 is 1.23 bits per heavy atom. The standard InChI is InChI=1S/C23H23N5O2S/c1-31(29,30)28-10-9-21-18(15-28)3-2-4-23(21)27-19-7-5-16(12-24)22(11-19)17-6-8-20(13-25)26-14-17/h2-8,11,14,27H,9-10,12,15,24H2,1H3. The molecule has 158 valence electrons. The van der Waals surface area contributed by atoms with Crippen LogP contribution >= 0.6 is 0 Å². The van der Waals surface area contributed by atoms with Gasteiger partial charge >= 0.3 is 0 Å². The van der Waals surface area contributed by atoms with Crippen molar-refractivity contribution in [1.29, 1.82) is 5.26 Å². The molecule has 0 aliphatic carbocycles. The van der Waals surface area contributed by atoms with Gasteiger partial charge in [0.05, 0.1) is 6.26 Å². The van der Waals surface area contributed by atoms with Gasteiger partial charge in [-0.05, 0) is 59.0 Å². The van der Waals surface area contributed by atoms with Crippen LogP contribution in [0.15, 0.2) is 54.7 Å². The van der Waals surface area contributed by atoms with Crippen LogP contribution in [-0.4, -0.2) is 30.5 Å². The zero-order valence-electron chi connectivity index (χ0n) is 17.2. The quantitative estimate of drug-likeness (QED) is 0.639. The molecule has 7 nitrogen and oxygen atoms in total. The van der Waals surface area contributed by atoms with Crippen LogP contribution in [-0.2, 0) is 29.5 Å². The van der Waals surface area contributed by atoms with Crippen molar-refractivity contribution in [3.05, 3.63) is 77.1 Å². The smallest absolute Gasteiger partial charge is 0.211 e. The van der Waals surface area contributed by atoms with Crippen molar-refractivity contribution in [1.82, 2.24) is 9.29 Å². The number of rotatable bonds is 5. The van der Waals surface area contributed by atoms with Crippen LogP contribution < -0.4 is 11.1 Å². The Morgan fingerprint density at radius 2 is 2.06 bits per heavy atom. The van der Waals surface area contributed by atoms with Gasteiger partial charge in [0, 0.05) is 42.8 Å². The van der Waals surface area contributed by atoms with Crippen LogP contribution in [0, 0.1) is 11.3 Å². The van der Waals surface area contributed by atoms with Crippen LogP contribution in [0.1, 0.15) is 22.4 Å². The highest BCUT2D eigenvalue weighted by molar-refractivity contribution is 7.88. The van der Waals surface area contributed by atoms with Gasteiger partial charge in [-0.25, -0.2) is 13.4 Å². The molecule has 31 heavy (non-hydrogen) atoms. The summed E-state index contributed by atoms with van der Waals surface area (Å²) >= 11 is 0. The molecule has 4 rings (SSSR count). The first-order valence-corrected chi connectivity index (χ1v) is 11.8. The van der Waals surface area contributed by atoms with Crippen LogP contribution in [0.4, 0.5) is 11.4 Å². The number of nitrogens with zero attached hydrogens (tertiary/aromatic N) is 3. The van der Waals surface area contributed by atoms with Crippen LogP contribution in [0.2, 0.25) is 0 Å². The molecule has 1 aliphatic heterocycles. The molecule has 2 aromatic carbocycles. The highest BCUT2D eigenvalue weighted by Crippen LogP contribution is 2.32. The number of nitrogens with one attached hydrogen (secondary N) is 1. The fourth-order valence-corrected chi connectivity index (χ4v) is 4.66. The fourth-order valence-electron chi connectivity index (χ4n) is 3.86. The lowest BCUT2D eigenvalue weighted by atomic mass is 9.97. The van der Waals surface area contributed by atoms with Crippen LogP contribution in [0.25, 0.3) is 11.1 Å². The highest BCUT2D eigenvalue weighted by Gasteiger charge is 2.24. The van der Waals surface area contributed by atoms with Crippen molar-refractivity contribution >= 4 is 21.4 Å². The minimum absolute atomic E-state index is 0.367. The van der Waals surface area contributed by atoms with Crippen molar-refractivity contribution in [3.8, 4) is 17.2 Å². The van der Waals surface area contributed by atoms with Gasteiger partial charge in [0.25, 0.3) is 0 Å². The van der Waals surface area contributed by atoms with Crippen LogP contribution in [0.3, 0.4) is 0 Å². The van der Waals surface area contributed by atoms with E-state index in [0.717, 1.165) is 39.2 Å². The summed E-state index contributed by atoms with van der Waals surface area (Å²) in [6, 6.07) is 17.5. The molecular weight excluding hydrogens is 410 g/mol. The van der Waals surface area contributed by atoms with Gasteiger partial charge in [-0.1, -0.05) is 18.2 Å². The molecule has 3 N–H and O–H groups in total. The number of hydrogen-bond donors (Lipinski definition) is 2. The largest absolute Gasteiger partial charge is 0.355 e. The van der Waals surface area contributed by atoms with E-state index in [1.54, 1.807) is 12.3 Å². The Balaban J connectivity index is 1.66. The SMILES string of the molecule is CS(=O)(=O)N1CCc2c(cccc2Nc2ccc(CN)c(-c3ccc(C#N)nc3)c2)C1. The normalized spacial score (nSPS) is 14.0. The number of benzene rings is 2. The average Bonchev–Trinajstić information content (AvgIpc) is 2.78. The lowest BCUT2D eigenvalue weighted by Crippen LogP contribution is -2.35. The van der Waals surface area contributed by atoms with Gasteiger partial charge in [-0.15, -0.1) is 0 Å². The Kier molecular flexibility index (Phi) is 5.74. The van der Waals surface area contributed by atoms with E-state index in [4.69, 9.17) is 11.0 Å². The summed E-state index contributed by atoms with van der Waals surface area (Å²) in [5.41, 5.74) is 13.1. The van der Waals surface area contributed by atoms with Crippen molar-refractivity contribution in [2.45, 2.75) is 19.5 Å². The second kappa shape index (κ2) is 8.47. The monoisotopic (exact) mass is 433 g/mol. The molecule has 2 heterocycles. The first-order chi connectivity index (χ1) is 14.9. The number of hydrogen-bond acceptors (Lipinski definition) is 6. The molecule has 8 heteroatoms. The van der Waals surface area contributed by atoms with Gasteiger partial charge in [0.2, 0.25) is 10.0 Å². The van der Waals surface area contributed by atoms with E-state index in [2.05, 4.69) is 10.3 Å². The molecule has 1 aromatic heterocycles. The zero-order valence-corrected chi connectivity index (χ0v) is 18.0. The number of aromatic nitrogens is 1. The number of nitriles is 1. The van der Waals surface area contributed by atoms with Crippen molar-refractivity contribution < 1.29 is 8.42 Å². The highest BCUT2D eigenvalue weighted by atomic mass is 32.2. The van der Waals surface area contributed by atoms with Crippen molar-refractivity contribution in [3.63, 3.8) is 0 Å². The maximum atomic E-state index is 11.9. The van der Waals surface area contributed by atoms with Gasteiger partial charge in [0.15, 0.2) is 0 Å². The van der Waals surface area contributed by atoms with E-state index in [1.165, 1.54) is 10.6 Å². The predicted molar refractivity (Wildman–Crippen MR) is 121 cm³/mol. The maximum Gasteiger partial charge on any atom is 0.211 e. The summed E-state index contributed by atoms with van der Waals surface area (Å²) in [5, 5.41) is 12.5. The molecule has 0 spiro atoms. The zero-order chi connectivity index (χ0) is 22.0. The predicted octanol–water partition coefficient (Wildman–Crippen LogP) is 3.14. The molecule has 0 fully saturated rings. The third-order valence-electron chi connectivity index (χ3n) is 5.50. The summed E-state index contributed by atoms with van der Waals surface area (Å²) in [5.74, 6) is 0. The number of pyridine rings is 1. The van der Waals surface area contributed by atoms with Gasteiger partial charge in [0.1, 0.15) is 11.8 Å². The number of fused-ring (bicyclic) bond motifs is 1. The third-order valence-corrected chi connectivity index (χ3v) is 6.75. The minimum Gasteiger partial charge on any atom is -0.355 e. The molecule has 0 amide bonds. The lowest BCUT2D eigenvalue weighted by molar-refractivity contribution is 0.395. The number of nitrogens with two attached hydrogens (primary N) is 1. The molecule has 0 radical (unpaired) electrons. The number of anilines is 2. The third kappa shape index (κ3) is 4.44. The topological polar surface area (TPSA) is 112 Å². The van der Waals surface area contributed by atoms with Gasteiger partial charge in [-0.3, -0.25) is 0 Å². The molecule has 0 unspecified atom stereocenters. The molecule has 0 saturated carbocycles. The summed E-state index contributed by atoms with van der Waals surface area (Å²) in [7, 11) is -3.21. The Bertz CT molecular complexity index is 1260. The van der Waals surface area contributed by atoms with Gasteiger partial charge in [-0.2, -0.15) is 9.57 Å². The first-order valence-electron chi connectivity index (χ1n) is 9.91. The van der Waals surface area contributed by atoms with Crippen LogP contribution in [0.5, 0.6) is 0 Å². The molecule has 0 saturated heterocycles. The van der Waals surface area contributed by atoms with E-state index in [-0.39, 0.29) is 0 Å². The van der Waals surface area contributed by atoms with Crippen molar-refractivity contribution in [2.24, 2.45) is 5.73 Å². The van der Waals surface area contributed by atoms with Crippen molar-refractivity contribution in [2.75, 3.05) is 18.1 Å². The maximum absolute atomic E-state index is 11.9.